The predicted octanol–water partition coefficient (Wildman–Crippen LogP) is 1.86. The van der Waals surface area contributed by atoms with Gasteiger partial charge in [-0.15, -0.1) is 0 Å². The van der Waals surface area contributed by atoms with Gasteiger partial charge in [0.15, 0.2) is 12.0 Å². The second-order valence-corrected chi connectivity index (χ2v) is 4.66. The zero-order valence-corrected chi connectivity index (χ0v) is 11.0. The number of nitrogens with zero attached hydrogens (tertiary/aromatic N) is 1. The second kappa shape index (κ2) is 5.35. The molecule has 0 aromatic rings. The van der Waals surface area contributed by atoms with Gasteiger partial charge in [0.2, 0.25) is 12.0 Å². The topological polar surface area (TPSA) is 85.3 Å². The van der Waals surface area contributed by atoms with Crippen molar-refractivity contribution in [3.05, 3.63) is 48.0 Å². The minimum Gasteiger partial charge on any atom is -0.478 e. The number of carboxylic acid groups (broad SMARTS) is 1. The van der Waals surface area contributed by atoms with Gasteiger partial charge in [-0.3, -0.25) is 0 Å². The molecule has 1 aliphatic carbocycles. The largest absolute Gasteiger partial charge is 0.478 e. The Labute approximate surface area is 120 Å². The van der Waals surface area contributed by atoms with Crippen LogP contribution in [0.4, 0.5) is 4.79 Å². The van der Waals surface area contributed by atoms with Crippen molar-refractivity contribution in [1.82, 2.24) is 4.90 Å². The highest BCUT2D eigenvalue weighted by atomic mass is 16.6. The highest BCUT2D eigenvalue weighted by molar-refractivity contribution is 5.82. The van der Waals surface area contributed by atoms with Gasteiger partial charge in [0.1, 0.15) is 6.26 Å². The number of carboxylic acids is 1. The fourth-order valence-corrected chi connectivity index (χ4v) is 2.15. The van der Waals surface area contributed by atoms with Crippen molar-refractivity contribution in [3.8, 4) is 0 Å². The number of hydrogen-bond acceptors (Lipinski definition) is 5. The Morgan fingerprint density at radius 2 is 2.24 bits per heavy atom. The predicted molar refractivity (Wildman–Crippen MR) is 69.4 cm³/mol. The summed E-state index contributed by atoms with van der Waals surface area (Å²) < 4.78 is 15.6. The molecule has 0 spiro atoms. The second-order valence-electron chi connectivity index (χ2n) is 4.66. The van der Waals surface area contributed by atoms with Crippen LogP contribution in [0.2, 0.25) is 0 Å². The number of ether oxygens (including phenoxy) is 3. The summed E-state index contributed by atoms with van der Waals surface area (Å²) in [6, 6.07) is 0. The van der Waals surface area contributed by atoms with Crippen LogP contribution in [0, 0.1) is 0 Å². The average molecular weight is 291 g/mol. The fraction of sp³-hybridized carbons (Fsp3) is 0.286. The van der Waals surface area contributed by atoms with Crippen LogP contribution in [0.5, 0.6) is 0 Å². The van der Waals surface area contributed by atoms with Crippen molar-refractivity contribution in [1.29, 1.82) is 0 Å². The van der Waals surface area contributed by atoms with Gasteiger partial charge in [0.05, 0.1) is 6.54 Å². The third kappa shape index (κ3) is 2.62. The van der Waals surface area contributed by atoms with Gasteiger partial charge in [-0.2, -0.15) is 0 Å². The lowest BCUT2D eigenvalue weighted by molar-refractivity contribution is -0.144. The van der Waals surface area contributed by atoms with Crippen LogP contribution in [0.1, 0.15) is 12.8 Å². The van der Waals surface area contributed by atoms with Crippen molar-refractivity contribution in [2.24, 2.45) is 0 Å². The van der Waals surface area contributed by atoms with Gasteiger partial charge in [-0.25, -0.2) is 14.5 Å². The summed E-state index contributed by atoms with van der Waals surface area (Å²) in [5.41, 5.74) is 0.949. The Bertz CT molecular complexity index is 601. The van der Waals surface area contributed by atoms with Gasteiger partial charge in [-0.05, 0) is 18.4 Å². The van der Waals surface area contributed by atoms with Crippen LogP contribution in [-0.2, 0) is 19.0 Å². The van der Waals surface area contributed by atoms with Crippen molar-refractivity contribution >= 4 is 12.1 Å². The quantitative estimate of drug-likeness (QED) is 0.854. The molecular formula is C14H13NO6. The molecule has 3 rings (SSSR count). The number of amides is 1. The normalized spacial score (nSPS) is 24.4. The van der Waals surface area contributed by atoms with E-state index in [0.717, 1.165) is 23.3 Å². The van der Waals surface area contributed by atoms with Crippen molar-refractivity contribution in [2.45, 2.75) is 18.9 Å². The molecule has 0 aromatic heterocycles. The molecule has 2 heterocycles. The zero-order chi connectivity index (χ0) is 14.8. The van der Waals surface area contributed by atoms with Crippen LogP contribution in [0.3, 0.4) is 0 Å². The molecule has 0 radical (unpaired) electrons. The summed E-state index contributed by atoms with van der Waals surface area (Å²) in [4.78, 5) is 23.7. The van der Waals surface area contributed by atoms with E-state index >= 15 is 0 Å². The van der Waals surface area contributed by atoms with E-state index in [-0.39, 0.29) is 12.4 Å². The minimum absolute atomic E-state index is 0.115. The lowest BCUT2D eigenvalue weighted by Crippen LogP contribution is -2.29. The van der Waals surface area contributed by atoms with Crippen LogP contribution >= 0.6 is 0 Å². The molecule has 7 nitrogen and oxygen atoms in total. The van der Waals surface area contributed by atoms with Crippen LogP contribution in [-0.4, -0.2) is 34.7 Å². The lowest BCUT2D eigenvalue weighted by Gasteiger charge is -2.23. The summed E-state index contributed by atoms with van der Waals surface area (Å²) in [7, 11) is 0. The Kier molecular flexibility index (Phi) is 3.39. The number of cyclic esters (lactones) is 1. The van der Waals surface area contributed by atoms with E-state index in [9.17, 15) is 9.59 Å². The molecule has 1 atom stereocenters. The molecule has 0 bridgehead atoms. The maximum Gasteiger partial charge on any atom is 0.417 e. The summed E-state index contributed by atoms with van der Waals surface area (Å²) in [5, 5.41) is 8.88. The van der Waals surface area contributed by atoms with E-state index in [1.165, 1.54) is 12.5 Å². The molecule has 0 saturated carbocycles. The molecule has 1 unspecified atom stereocenters. The third-order valence-corrected chi connectivity index (χ3v) is 3.24. The highest BCUT2D eigenvalue weighted by Crippen LogP contribution is 2.29. The number of carbonyl (C=O) groups excluding carboxylic acids is 1. The zero-order valence-electron chi connectivity index (χ0n) is 11.0. The summed E-state index contributed by atoms with van der Waals surface area (Å²) in [6.07, 6.45) is 8.30. The Morgan fingerprint density at radius 1 is 1.38 bits per heavy atom. The molecule has 1 N–H and O–H groups in total. The maximum absolute atomic E-state index is 11.7. The minimum atomic E-state index is -1.20. The average Bonchev–Trinajstić information content (AvgIpc) is 2.91. The highest BCUT2D eigenvalue weighted by Gasteiger charge is 2.40. The molecule has 1 saturated heterocycles. The molecule has 21 heavy (non-hydrogen) atoms. The SMILES string of the molecule is O=C(O)C1CN(C2=COC=C(C3=CC=CCC3)O2)C(=O)O1. The van der Waals surface area contributed by atoms with Crippen molar-refractivity contribution in [2.75, 3.05) is 6.54 Å². The first kappa shape index (κ1) is 13.3. The first-order valence-corrected chi connectivity index (χ1v) is 6.46. The molecule has 2 aliphatic heterocycles. The Hall–Kier alpha value is -2.70. The van der Waals surface area contributed by atoms with Gasteiger partial charge >= 0.3 is 12.1 Å². The Morgan fingerprint density at radius 3 is 2.90 bits per heavy atom. The monoisotopic (exact) mass is 291 g/mol. The number of hydrogen-bond donors (Lipinski definition) is 1. The Balaban J connectivity index is 1.72. The van der Waals surface area contributed by atoms with Gasteiger partial charge < -0.3 is 19.3 Å². The van der Waals surface area contributed by atoms with Crippen molar-refractivity contribution in [3.63, 3.8) is 0 Å². The lowest BCUT2D eigenvalue weighted by atomic mass is 10.0. The van der Waals surface area contributed by atoms with Crippen molar-refractivity contribution < 1.29 is 28.9 Å². The maximum atomic E-state index is 11.7. The standard InChI is InChI=1S/C14H13NO6/c16-13(17)10-6-15(14(18)21-10)12-8-19-7-11(20-12)9-4-2-1-3-5-9/h1-2,4,7-8,10H,3,5-6H2,(H,16,17). The number of aliphatic carboxylic acids is 1. The van der Waals surface area contributed by atoms with Crippen LogP contribution < -0.4 is 0 Å². The molecule has 7 heteroatoms. The first-order chi connectivity index (χ1) is 10.1. The number of rotatable bonds is 3. The molecular weight excluding hydrogens is 278 g/mol. The van der Waals surface area contributed by atoms with E-state index < -0.39 is 18.2 Å². The fourth-order valence-electron chi connectivity index (χ4n) is 2.15. The molecule has 110 valence electrons. The molecule has 1 amide bonds. The number of allylic oxidation sites excluding steroid dienone is 4. The smallest absolute Gasteiger partial charge is 0.417 e. The summed E-state index contributed by atoms with van der Waals surface area (Å²) >= 11 is 0. The number of carbonyl (C=O) groups is 2. The summed E-state index contributed by atoms with van der Waals surface area (Å²) in [6.45, 7) is -0.115. The van der Waals surface area contributed by atoms with E-state index in [4.69, 9.17) is 19.3 Å². The molecule has 0 aromatic carbocycles. The van der Waals surface area contributed by atoms with Crippen LogP contribution in [0.25, 0.3) is 0 Å². The van der Waals surface area contributed by atoms with E-state index in [0.29, 0.717) is 5.76 Å². The molecule has 3 aliphatic rings. The van der Waals surface area contributed by atoms with Gasteiger partial charge in [0.25, 0.3) is 0 Å². The van der Waals surface area contributed by atoms with E-state index in [1.54, 1.807) is 0 Å². The third-order valence-electron chi connectivity index (χ3n) is 3.24. The van der Waals surface area contributed by atoms with Gasteiger partial charge in [0, 0.05) is 0 Å². The summed E-state index contributed by atoms with van der Waals surface area (Å²) in [5.74, 6) is -0.570. The van der Waals surface area contributed by atoms with Gasteiger partial charge in [-0.1, -0.05) is 18.2 Å². The van der Waals surface area contributed by atoms with E-state index in [2.05, 4.69) is 0 Å². The van der Waals surface area contributed by atoms with Crippen LogP contribution in [0.15, 0.2) is 48.0 Å². The first-order valence-electron chi connectivity index (χ1n) is 6.46. The molecule has 1 fully saturated rings. The van der Waals surface area contributed by atoms with E-state index in [1.807, 2.05) is 18.2 Å².